The first kappa shape index (κ1) is 19.2. The molecule has 1 amide bonds. The molecule has 1 aliphatic carbocycles. The molecular weight excluding hydrogens is 393 g/mol. The number of carbonyl (C=O) groups excluding carboxylic acids is 1. The van der Waals surface area contributed by atoms with Crippen molar-refractivity contribution in [3.8, 4) is 0 Å². The van der Waals surface area contributed by atoms with Gasteiger partial charge in [-0.15, -0.1) is 0 Å². The highest BCUT2D eigenvalue weighted by Gasteiger charge is 2.47. The van der Waals surface area contributed by atoms with E-state index >= 15 is 0 Å². The van der Waals surface area contributed by atoms with Gasteiger partial charge in [0, 0.05) is 30.7 Å². The van der Waals surface area contributed by atoms with E-state index in [2.05, 4.69) is 16.0 Å². The zero-order valence-electron chi connectivity index (χ0n) is 17.6. The van der Waals surface area contributed by atoms with Gasteiger partial charge in [0.1, 0.15) is 11.4 Å². The number of halogens is 1. The third-order valence-corrected chi connectivity index (χ3v) is 8.01. The number of pyridine rings is 1. The van der Waals surface area contributed by atoms with Crippen LogP contribution in [0.1, 0.15) is 48.9 Å². The highest BCUT2D eigenvalue weighted by molar-refractivity contribution is 5.97. The van der Waals surface area contributed by atoms with Crippen LogP contribution in [0.15, 0.2) is 40.8 Å². The van der Waals surface area contributed by atoms with Crippen LogP contribution in [-0.2, 0) is 0 Å². The number of fused-ring (bicyclic) bond motifs is 7. The Labute approximate surface area is 180 Å². The molecule has 4 unspecified atom stereocenters. The number of hydrogen-bond acceptors (Lipinski definition) is 3. The minimum atomic E-state index is -0.478. The van der Waals surface area contributed by atoms with Crippen molar-refractivity contribution in [3.05, 3.63) is 57.6 Å². The van der Waals surface area contributed by atoms with Gasteiger partial charge in [0.25, 0.3) is 5.91 Å². The highest BCUT2D eigenvalue weighted by atomic mass is 19.1. The lowest BCUT2D eigenvalue weighted by Crippen LogP contribution is -2.60. The lowest BCUT2D eigenvalue weighted by Gasteiger charge is -2.54. The van der Waals surface area contributed by atoms with Crippen molar-refractivity contribution < 1.29 is 9.18 Å². The summed E-state index contributed by atoms with van der Waals surface area (Å²) in [4.78, 5) is 34.1. The molecule has 31 heavy (non-hydrogen) atoms. The summed E-state index contributed by atoms with van der Waals surface area (Å²) in [6, 6.07) is 5.17. The predicted octanol–water partition coefficient (Wildman–Crippen LogP) is 3.70. The van der Waals surface area contributed by atoms with Crippen molar-refractivity contribution in [3.63, 3.8) is 0 Å². The SMILES string of the molecule is O=C(c1c[nH]c2c(F)cccc2c1=O)N1CCCC2=CC3CC(CN4CCCCC34)C21. The number of aromatic amines is 1. The summed E-state index contributed by atoms with van der Waals surface area (Å²) >= 11 is 0. The number of rotatable bonds is 1. The van der Waals surface area contributed by atoms with Crippen molar-refractivity contribution in [1.29, 1.82) is 0 Å². The van der Waals surface area contributed by atoms with Gasteiger partial charge in [0.2, 0.25) is 5.43 Å². The van der Waals surface area contributed by atoms with Crippen LogP contribution in [0, 0.1) is 17.7 Å². The fraction of sp³-hybridized carbons (Fsp3) is 0.520. The number of aromatic nitrogens is 1. The molecule has 4 atom stereocenters. The Morgan fingerprint density at radius 3 is 2.97 bits per heavy atom. The molecule has 2 bridgehead atoms. The van der Waals surface area contributed by atoms with E-state index in [-0.39, 0.29) is 33.8 Å². The lowest BCUT2D eigenvalue weighted by molar-refractivity contribution is 0.00143. The van der Waals surface area contributed by atoms with Crippen molar-refractivity contribution in [1.82, 2.24) is 14.8 Å². The molecule has 6 heteroatoms. The Kier molecular flexibility index (Phi) is 4.53. The first-order valence-electron chi connectivity index (χ1n) is 11.7. The lowest BCUT2D eigenvalue weighted by atomic mass is 9.68. The molecule has 1 aromatic heterocycles. The normalized spacial score (nSPS) is 30.5. The number of nitrogens with zero attached hydrogens (tertiary/aromatic N) is 2. The smallest absolute Gasteiger partial charge is 0.259 e. The predicted molar refractivity (Wildman–Crippen MR) is 117 cm³/mol. The molecule has 5 nitrogen and oxygen atoms in total. The van der Waals surface area contributed by atoms with Crippen LogP contribution in [-0.4, -0.2) is 52.4 Å². The number of para-hydroxylation sites is 1. The molecule has 0 saturated carbocycles. The number of benzene rings is 1. The summed E-state index contributed by atoms with van der Waals surface area (Å²) in [5.41, 5.74) is 1.29. The summed E-state index contributed by atoms with van der Waals surface area (Å²) in [5.74, 6) is 0.337. The zero-order chi connectivity index (χ0) is 21.1. The molecule has 3 aliphatic heterocycles. The molecule has 6 rings (SSSR count). The second-order valence-electron chi connectivity index (χ2n) is 9.70. The molecule has 4 aliphatic rings. The van der Waals surface area contributed by atoms with Gasteiger partial charge in [-0.3, -0.25) is 14.5 Å². The van der Waals surface area contributed by atoms with E-state index < -0.39 is 5.82 Å². The first-order chi connectivity index (χ1) is 15.1. The molecule has 1 aromatic carbocycles. The topological polar surface area (TPSA) is 56.4 Å². The highest BCUT2D eigenvalue weighted by Crippen LogP contribution is 2.45. The van der Waals surface area contributed by atoms with Gasteiger partial charge in [-0.05, 0) is 62.6 Å². The maximum atomic E-state index is 14.1. The van der Waals surface area contributed by atoms with Gasteiger partial charge in [-0.1, -0.05) is 24.1 Å². The largest absolute Gasteiger partial charge is 0.358 e. The Hall–Kier alpha value is -2.47. The number of piperidine rings is 3. The van der Waals surface area contributed by atoms with Gasteiger partial charge < -0.3 is 9.88 Å². The van der Waals surface area contributed by atoms with E-state index in [1.165, 1.54) is 43.2 Å². The van der Waals surface area contributed by atoms with Crippen molar-refractivity contribution in [2.45, 2.75) is 50.6 Å². The summed E-state index contributed by atoms with van der Waals surface area (Å²) in [6.45, 7) is 2.88. The number of carbonyl (C=O) groups is 1. The van der Waals surface area contributed by atoms with Gasteiger partial charge in [-0.25, -0.2) is 4.39 Å². The standard InChI is InChI=1S/C25H28FN3O2/c26-20-7-3-6-18-22(20)27-13-19(24(18)30)25(31)29-10-4-5-15-11-16-12-17(23(15)29)14-28-9-2-1-8-21(16)28/h3,6-7,11,13,16-17,21,23H,1-2,4-5,8-10,12,14H2,(H,27,30). The summed E-state index contributed by atoms with van der Waals surface area (Å²) in [6.07, 6.45) is 10.9. The van der Waals surface area contributed by atoms with E-state index in [0.29, 0.717) is 24.4 Å². The summed E-state index contributed by atoms with van der Waals surface area (Å²) < 4.78 is 14.1. The number of amides is 1. The maximum Gasteiger partial charge on any atom is 0.259 e. The van der Waals surface area contributed by atoms with E-state index in [1.807, 2.05) is 4.90 Å². The van der Waals surface area contributed by atoms with E-state index in [0.717, 1.165) is 32.4 Å². The fourth-order valence-corrected chi connectivity index (χ4v) is 6.73. The van der Waals surface area contributed by atoms with Gasteiger partial charge >= 0.3 is 0 Å². The second kappa shape index (κ2) is 7.30. The monoisotopic (exact) mass is 421 g/mol. The van der Waals surface area contributed by atoms with Crippen LogP contribution >= 0.6 is 0 Å². The van der Waals surface area contributed by atoms with Crippen molar-refractivity contribution in [2.75, 3.05) is 19.6 Å². The van der Waals surface area contributed by atoms with Crippen LogP contribution in [0.25, 0.3) is 10.9 Å². The Morgan fingerprint density at radius 1 is 1.16 bits per heavy atom. The van der Waals surface area contributed by atoms with E-state index in [1.54, 1.807) is 6.07 Å². The van der Waals surface area contributed by atoms with Gasteiger partial charge in [-0.2, -0.15) is 0 Å². The van der Waals surface area contributed by atoms with Crippen LogP contribution in [0.2, 0.25) is 0 Å². The fourth-order valence-electron chi connectivity index (χ4n) is 6.73. The molecule has 3 fully saturated rings. The molecule has 0 radical (unpaired) electrons. The summed E-state index contributed by atoms with van der Waals surface area (Å²) in [7, 11) is 0. The molecule has 162 valence electrons. The van der Waals surface area contributed by atoms with Crippen LogP contribution in [0.4, 0.5) is 4.39 Å². The molecular formula is C25H28FN3O2. The van der Waals surface area contributed by atoms with Crippen molar-refractivity contribution >= 4 is 16.8 Å². The van der Waals surface area contributed by atoms with Gasteiger partial charge in [0.15, 0.2) is 0 Å². The zero-order valence-corrected chi connectivity index (χ0v) is 17.6. The average Bonchev–Trinajstić information content (AvgIpc) is 2.79. The number of likely N-dealkylation sites (tertiary alicyclic amines) is 1. The van der Waals surface area contributed by atoms with Crippen LogP contribution in [0.5, 0.6) is 0 Å². The number of nitrogens with one attached hydrogen (secondary N) is 1. The molecule has 2 aromatic rings. The number of hydrogen-bond donors (Lipinski definition) is 1. The first-order valence-corrected chi connectivity index (χ1v) is 11.7. The maximum absolute atomic E-state index is 14.1. The van der Waals surface area contributed by atoms with E-state index in [4.69, 9.17) is 0 Å². The second-order valence-corrected chi connectivity index (χ2v) is 9.70. The van der Waals surface area contributed by atoms with Crippen molar-refractivity contribution in [2.24, 2.45) is 11.8 Å². The third-order valence-electron chi connectivity index (χ3n) is 8.01. The third kappa shape index (κ3) is 2.99. The molecule has 1 N–H and O–H groups in total. The molecule has 0 spiro atoms. The van der Waals surface area contributed by atoms with E-state index in [9.17, 15) is 14.0 Å². The average molecular weight is 422 g/mol. The van der Waals surface area contributed by atoms with Gasteiger partial charge in [0.05, 0.1) is 11.6 Å². The summed E-state index contributed by atoms with van der Waals surface area (Å²) in [5, 5.41) is 0.233. The molecule has 4 heterocycles. The quantitative estimate of drug-likeness (QED) is 0.715. The minimum absolute atomic E-state index is 0.0861. The Morgan fingerprint density at radius 2 is 2.06 bits per heavy atom. The van der Waals surface area contributed by atoms with Crippen LogP contribution in [0.3, 0.4) is 0 Å². The minimum Gasteiger partial charge on any atom is -0.358 e. The Balaban J connectivity index is 1.37. The van der Waals surface area contributed by atoms with Crippen LogP contribution < -0.4 is 5.43 Å². The Bertz CT molecular complexity index is 1140. The number of H-pyrrole nitrogens is 1. The molecule has 3 saturated heterocycles.